The lowest BCUT2D eigenvalue weighted by molar-refractivity contribution is 0.0928. The van der Waals surface area contributed by atoms with Crippen molar-refractivity contribution in [3.8, 4) is 0 Å². The van der Waals surface area contributed by atoms with Crippen molar-refractivity contribution in [2.45, 2.75) is 0 Å². The van der Waals surface area contributed by atoms with Gasteiger partial charge >= 0.3 is 0 Å². The minimum Gasteiger partial charge on any atom is -0.360 e. The summed E-state index contributed by atoms with van der Waals surface area (Å²) in [4.78, 5) is 24.7. The van der Waals surface area contributed by atoms with Crippen molar-refractivity contribution in [2.75, 3.05) is 37.6 Å². The highest BCUT2D eigenvalue weighted by Crippen LogP contribution is 2.19. The van der Waals surface area contributed by atoms with Crippen LogP contribution in [0.15, 0.2) is 54.9 Å². The van der Waals surface area contributed by atoms with Crippen LogP contribution < -0.4 is 4.90 Å². The largest absolute Gasteiger partial charge is 0.360 e. The van der Waals surface area contributed by atoms with Gasteiger partial charge < -0.3 is 9.88 Å². The number of piperazine rings is 1. The molecule has 2 aromatic heterocycles. The predicted molar refractivity (Wildman–Crippen MR) is 95.5 cm³/mol. The molecule has 122 valence electrons. The van der Waals surface area contributed by atoms with E-state index >= 15 is 0 Å². The summed E-state index contributed by atoms with van der Waals surface area (Å²) in [6.45, 7) is 4.03. The third-order valence-electron chi connectivity index (χ3n) is 4.60. The lowest BCUT2D eigenvalue weighted by atomic mass is 10.1. The molecule has 0 amide bonds. The fourth-order valence-corrected chi connectivity index (χ4v) is 3.27. The van der Waals surface area contributed by atoms with Gasteiger partial charge in [-0.1, -0.05) is 24.3 Å². The van der Waals surface area contributed by atoms with E-state index in [9.17, 15) is 4.79 Å². The van der Waals surface area contributed by atoms with Gasteiger partial charge in [-0.05, 0) is 18.2 Å². The molecule has 1 saturated heterocycles. The Hall–Kier alpha value is -2.66. The third kappa shape index (κ3) is 2.90. The normalized spacial score (nSPS) is 15.8. The second-order valence-electron chi connectivity index (χ2n) is 6.12. The van der Waals surface area contributed by atoms with Crippen LogP contribution >= 0.6 is 0 Å². The highest BCUT2D eigenvalue weighted by Gasteiger charge is 2.21. The molecule has 1 aliphatic heterocycles. The standard InChI is InChI=1S/C19H20N4O/c24-18(16-13-21-17-6-2-1-5-15(16)17)14-22-9-11-23(12-10-22)19-7-3-4-8-20-19/h1-8,13,21H,9-12,14H2. The molecule has 0 spiro atoms. The number of hydrogen-bond acceptors (Lipinski definition) is 4. The summed E-state index contributed by atoms with van der Waals surface area (Å²) < 4.78 is 0. The van der Waals surface area contributed by atoms with Gasteiger partial charge in [-0.2, -0.15) is 0 Å². The first-order chi connectivity index (χ1) is 11.8. The van der Waals surface area contributed by atoms with E-state index in [1.807, 2.05) is 54.9 Å². The third-order valence-corrected chi connectivity index (χ3v) is 4.60. The van der Waals surface area contributed by atoms with Crippen molar-refractivity contribution in [1.29, 1.82) is 0 Å². The van der Waals surface area contributed by atoms with Crippen LogP contribution in [-0.2, 0) is 0 Å². The number of para-hydroxylation sites is 1. The molecular formula is C19H20N4O. The summed E-state index contributed by atoms with van der Waals surface area (Å²) in [7, 11) is 0. The molecule has 4 rings (SSSR count). The molecule has 0 unspecified atom stereocenters. The van der Waals surface area contributed by atoms with Gasteiger partial charge in [0.25, 0.3) is 0 Å². The quantitative estimate of drug-likeness (QED) is 0.751. The summed E-state index contributed by atoms with van der Waals surface area (Å²) >= 11 is 0. The minimum absolute atomic E-state index is 0.179. The molecule has 1 aromatic carbocycles. The first-order valence-electron chi connectivity index (χ1n) is 8.29. The summed E-state index contributed by atoms with van der Waals surface area (Å²) in [6, 6.07) is 13.9. The van der Waals surface area contributed by atoms with E-state index in [2.05, 4.69) is 19.8 Å². The van der Waals surface area contributed by atoms with Crippen LogP contribution in [-0.4, -0.2) is 53.4 Å². The van der Waals surface area contributed by atoms with Crippen molar-refractivity contribution in [2.24, 2.45) is 0 Å². The first kappa shape index (κ1) is 14.9. The number of aromatic amines is 1. The number of fused-ring (bicyclic) bond motifs is 1. The smallest absolute Gasteiger partial charge is 0.178 e. The summed E-state index contributed by atoms with van der Waals surface area (Å²) in [6.07, 6.45) is 3.65. The van der Waals surface area contributed by atoms with Gasteiger partial charge in [0.2, 0.25) is 0 Å². The number of ketones is 1. The van der Waals surface area contributed by atoms with Crippen molar-refractivity contribution < 1.29 is 4.79 Å². The molecule has 5 heteroatoms. The van der Waals surface area contributed by atoms with Crippen LogP contribution in [0.4, 0.5) is 5.82 Å². The van der Waals surface area contributed by atoms with Crippen molar-refractivity contribution >= 4 is 22.5 Å². The Bertz CT molecular complexity index is 835. The highest BCUT2D eigenvalue weighted by atomic mass is 16.1. The Kier molecular flexibility index (Phi) is 4.01. The number of benzene rings is 1. The number of hydrogen-bond donors (Lipinski definition) is 1. The lowest BCUT2D eigenvalue weighted by Gasteiger charge is -2.34. The molecule has 1 fully saturated rings. The number of nitrogens with one attached hydrogen (secondary N) is 1. The summed E-state index contributed by atoms with van der Waals surface area (Å²) in [5.41, 5.74) is 1.80. The first-order valence-corrected chi connectivity index (χ1v) is 8.29. The molecule has 24 heavy (non-hydrogen) atoms. The van der Waals surface area contributed by atoms with Crippen molar-refractivity contribution in [3.05, 3.63) is 60.4 Å². The predicted octanol–water partition coefficient (Wildman–Crippen LogP) is 2.57. The number of anilines is 1. The molecule has 3 heterocycles. The van der Waals surface area contributed by atoms with E-state index in [1.165, 1.54) is 0 Å². The Morgan fingerprint density at radius 3 is 2.62 bits per heavy atom. The van der Waals surface area contributed by atoms with Gasteiger partial charge in [0.05, 0.1) is 6.54 Å². The molecule has 0 saturated carbocycles. The maximum Gasteiger partial charge on any atom is 0.178 e. The number of rotatable bonds is 4. The van der Waals surface area contributed by atoms with Crippen LogP contribution in [0.3, 0.4) is 0 Å². The van der Waals surface area contributed by atoms with Gasteiger partial charge in [0.15, 0.2) is 5.78 Å². The van der Waals surface area contributed by atoms with Gasteiger partial charge in [-0.3, -0.25) is 9.69 Å². The van der Waals surface area contributed by atoms with E-state index in [0.717, 1.165) is 48.5 Å². The number of pyridine rings is 1. The molecule has 0 radical (unpaired) electrons. The van der Waals surface area contributed by atoms with E-state index in [0.29, 0.717) is 6.54 Å². The lowest BCUT2D eigenvalue weighted by Crippen LogP contribution is -2.48. The van der Waals surface area contributed by atoms with Gasteiger partial charge in [-0.25, -0.2) is 4.98 Å². The number of H-pyrrole nitrogens is 1. The average molecular weight is 320 g/mol. The number of nitrogens with zero attached hydrogens (tertiary/aromatic N) is 3. The number of carbonyl (C=O) groups excluding carboxylic acids is 1. The van der Waals surface area contributed by atoms with Crippen molar-refractivity contribution in [3.63, 3.8) is 0 Å². The van der Waals surface area contributed by atoms with Gasteiger partial charge in [0, 0.05) is 55.0 Å². The Morgan fingerprint density at radius 2 is 1.83 bits per heavy atom. The Morgan fingerprint density at radius 1 is 1.04 bits per heavy atom. The van der Waals surface area contributed by atoms with Crippen molar-refractivity contribution in [1.82, 2.24) is 14.9 Å². The molecule has 0 bridgehead atoms. The number of carbonyl (C=O) groups is 1. The molecule has 1 aliphatic rings. The fourth-order valence-electron chi connectivity index (χ4n) is 3.27. The van der Waals surface area contributed by atoms with Crippen LogP contribution in [0.2, 0.25) is 0 Å². The number of aromatic nitrogens is 2. The molecule has 0 atom stereocenters. The average Bonchev–Trinajstić information content (AvgIpc) is 3.07. The monoisotopic (exact) mass is 320 g/mol. The molecule has 3 aromatic rings. The minimum atomic E-state index is 0.179. The van der Waals surface area contributed by atoms with Gasteiger partial charge in [-0.15, -0.1) is 0 Å². The zero-order valence-corrected chi connectivity index (χ0v) is 13.5. The molecule has 5 nitrogen and oxygen atoms in total. The van der Waals surface area contributed by atoms with E-state index in [-0.39, 0.29) is 5.78 Å². The van der Waals surface area contributed by atoms with E-state index in [4.69, 9.17) is 0 Å². The van der Waals surface area contributed by atoms with Crippen LogP contribution in [0.25, 0.3) is 10.9 Å². The zero-order chi connectivity index (χ0) is 16.4. The van der Waals surface area contributed by atoms with Crippen LogP contribution in [0.5, 0.6) is 0 Å². The van der Waals surface area contributed by atoms with E-state index < -0.39 is 0 Å². The SMILES string of the molecule is O=C(CN1CCN(c2ccccn2)CC1)c1c[nH]c2ccccc12. The Labute approximate surface area is 140 Å². The second kappa shape index (κ2) is 6.45. The van der Waals surface area contributed by atoms with E-state index in [1.54, 1.807) is 0 Å². The maximum atomic E-state index is 12.7. The second-order valence-corrected chi connectivity index (χ2v) is 6.12. The van der Waals surface area contributed by atoms with Crippen LogP contribution in [0, 0.1) is 0 Å². The Balaban J connectivity index is 1.39. The van der Waals surface area contributed by atoms with Gasteiger partial charge in [0.1, 0.15) is 5.82 Å². The topological polar surface area (TPSA) is 52.2 Å². The molecule has 1 N–H and O–H groups in total. The highest BCUT2D eigenvalue weighted by molar-refractivity contribution is 6.08. The molecular weight excluding hydrogens is 300 g/mol. The number of Topliss-reactive ketones (excluding diaryl/α,β-unsaturated/α-hetero) is 1. The fraction of sp³-hybridized carbons (Fsp3) is 0.263. The summed E-state index contributed by atoms with van der Waals surface area (Å²) in [5.74, 6) is 1.19. The summed E-state index contributed by atoms with van der Waals surface area (Å²) in [5, 5.41) is 1.01. The van der Waals surface area contributed by atoms with Crippen LogP contribution in [0.1, 0.15) is 10.4 Å². The zero-order valence-electron chi connectivity index (χ0n) is 13.5. The molecule has 0 aliphatic carbocycles. The maximum absolute atomic E-state index is 12.7.